The minimum Gasteiger partial charge on any atom is -0.381 e. The summed E-state index contributed by atoms with van der Waals surface area (Å²) < 4.78 is 7.62. The van der Waals surface area contributed by atoms with Crippen LogP contribution in [0.3, 0.4) is 0 Å². The Kier molecular flexibility index (Phi) is 5.09. The van der Waals surface area contributed by atoms with Crippen LogP contribution in [0, 0.1) is 5.41 Å². The summed E-state index contributed by atoms with van der Waals surface area (Å²) in [5.41, 5.74) is 3.58. The van der Waals surface area contributed by atoms with E-state index < -0.39 is 0 Å². The number of hydrogen-bond donors (Lipinski definition) is 1. The standard InChI is InChI=1S/C23H28N6O2/c1-3-16-4-6-17(7-5-16)19-12-20(26-25-19)22(30)29-13-18(21-27-24-15-28(21)2)23(14-29)8-10-31-11-9-23/h4-7,12,15,18H,3,8-11,13-14H2,1-2H3,(H,25,26). The Hall–Kier alpha value is -3.00. The summed E-state index contributed by atoms with van der Waals surface area (Å²) in [7, 11) is 1.97. The van der Waals surface area contributed by atoms with E-state index in [0.717, 1.165) is 49.6 Å². The third-order valence-corrected chi connectivity index (χ3v) is 6.95. The molecule has 4 heterocycles. The fourth-order valence-electron chi connectivity index (χ4n) is 5.03. The molecule has 31 heavy (non-hydrogen) atoms. The van der Waals surface area contributed by atoms with Gasteiger partial charge in [0.1, 0.15) is 17.8 Å². The van der Waals surface area contributed by atoms with E-state index in [9.17, 15) is 4.79 Å². The van der Waals surface area contributed by atoms with Gasteiger partial charge in [-0.2, -0.15) is 5.10 Å². The second-order valence-corrected chi connectivity index (χ2v) is 8.73. The van der Waals surface area contributed by atoms with Crippen molar-refractivity contribution in [1.29, 1.82) is 0 Å². The van der Waals surface area contributed by atoms with Crippen LogP contribution >= 0.6 is 0 Å². The Labute approximate surface area is 181 Å². The minimum absolute atomic E-state index is 0.0144. The Morgan fingerprint density at radius 1 is 1.26 bits per heavy atom. The van der Waals surface area contributed by atoms with Crippen LogP contribution in [-0.2, 0) is 18.2 Å². The molecule has 2 saturated heterocycles. The van der Waals surface area contributed by atoms with Crippen molar-refractivity contribution in [3.05, 3.63) is 53.7 Å². The summed E-state index contributed by atoms with van der Waals surface area (Å²) in [6.07, 6.45) is 4.58. The largest absolute Gasteiger partial charge is 0.381 e. The van der Waals surface area contributed by atoms with E-state index >= 15 is 0 Å². The normalized spacial score (nSPS) is 20.5. The van der Waals surface area contributed by atoms with Crippen LogP contribution < -0.4 is 0 Å². The molecule has 2 aliphatic heterocycles. The molecule has 0 saturated carbocycles. The van der Waals surface area contributed by atoms with E-state index in [1.54, 1.807) is 6.33 Å². The number of aryl methyl sites for hydroxylation is 2. The predicted molar refractivity (Wildman–Crippen MR) is 116 cm³/mol. The summed E-state index contributed by atoms with van der Waals surface area (Å²) in [5.74, 6) is 1.08. The number of carbonyl (C=O) groups is 1. The van der Waals surface area contributed by atoms with Crippen LogP contribution in [0.25, 0.3) is 11.3 Å². The molecule has 1 atom stereocenters. The Morgan fingerprint density at radius 3 is 2.71 bits per heavy atom. The van der Waals surface area contributed by atoms with Gasteiger partial charge in [-0.15, -0.1) is 10.2 Å². The van der Waals surface area contributed by atoms with E-state index in [4.69, 9.17) is 4.74 Å². The topological polar surface area (TPSA) is 88.9 Å². The Balaban J connectivity index is 1.39. The van der Waals surface area contributed by atoms with Crippen molar-refractivity contribution >= 4 is 5.91 Å². The number of H-pyrrole nitrogens is 1. The SMILES string of the molecule is CCc1ccc(-c2cc(C(=O)N3CC(c4nncn4C)C4(CCOCC4)C3)[nH]n2)cc1. The lowest BCUT2D eigenvalue weighted by Crippen LogP contribution is -2.37. The summed E-state index contributed by atoms with van der Waals surface area (Å²) in [6, 6.07) is 10.2. The maximum atomic E-state index is 13.4. The number of amides is 1. The third-order valence-electron chi connectivity index (χ3n) is 6.95. The number of aromatic amines is 1. The second-order valence-electron chi connectivity index (χ2n) is 8.73. The first-order valence-electron chi connectivity index (χ1n) is 11.0. The van der Waals surface area contributed by atoms with Crippen LogP contribution in [0.4, 0.5) is 0 Å². The van der Waals surface area contributed by atoms with Crippen molar-refractivity contribution in [2.75, 3.05) is 26.3 Å². The molecule has 1 spiro atoms. The number of benzene rings is 1. The van der Waals surface area contributed by atoms with Crippen molar-refractivity contribution in [2.45, 2.75) is 32.1 Å². The van der Waals surface area contributed by atoms with Crippen LogP contribution in [0.5, 0.6) is 0 Å². The van der Waals surface area contributed by atoms with Crippen molar-refractivity contribution in [1.82, 2.24) is 29.9 Å². The average molecular weight is 421 g/mol. The van der Waals surface area contributed by atoms with Gasteiger partial charge in [0, 0.05) is 50.2 Å². The first-order chi connectivity index (χ1) is 15.1. The predicted octanol–water partition coefficient (Wildman–Crippen LogP) is 2.80. The number of carbonyl (C=O) groups excluding carboxylic acids is 1. The van der Waals surface area contributed by atoms with E-state index in [2.05, 4.69) is 51.6 Å². The highest BCUT2D eigenvalue weighted by atomic mass is 16.5. The Morgan fingerprint density at radius 2 is 2.03 bits per heavy atom. The number of nitrogens with zero attached hydrogens (tertiary/aromatic N) is 5. The molecule has 2 aromatic heterocycles. The monoisotopic (exact) mass is 420 g/mol. The number of ether oxygens (including phenoxy) is 1. The van der Waals surface area contributed by atoms with Crippen LogP contribution in [-0.4, -0.2) is 62.1 Å². The molecule has 1 unspecified atom stereocenters. The lowest BCUT2D eigenvalue weighted by Gasteiger charge is -2.37. The smallest absolute Gasteiger partial charge is 0.271 e. The molecule has 0 aliphatic carbocycles. The van der Waals surface area contributed by atoms with E-state index in [0.29, 0.717) is 18.8 Å². The van der Waals surface area contributed by atoms with Gasteiger partial charge in [-0.3, -0.25) is 9.89 Å². The third kappa shape index (κ3) is 3.54. The molecular weight excluding hydrogens is 392 g/mol. The van der Waals surface area contributed by atoms with Crippen LogP contribution in [0.15, 0.2) is 36.7 Å². The summed E-state index contributed by atoms with van der Waals surface area (Å²) in [6.45, 7) is 4.91. The van der Waals surface area contributed by atoms with Gasteiger partial charge in [0.25, 0.3) is 5.91 Å². The Bertz CT molecular complexity index is 1060. The minimum atomic E-state index is -0.0203. The molecule has 3 aromatic rings. The van der Waals surface area contributed by atoms with Gasteiger partial charge in [-0.25, -0.2) is 0 Å². The summed E-state index contributed by atoms with van der Waals surface area (Å²) >= 11 is 0. The molecular formula is C23H28N6O2. The van der Waals surface area contributed by atoms with Crippen LogP contribution in [0.2, 0.25) is 0 Å². The van der Waals surface area contributed by atoms with Gasteiger partial charge in [0.15, 0.2) is 0 Å². The fraction of sp³-hybridized carbons (Fsp3) is 0.478. The quantitative estimate of drug-likeness (QED) is 0.701. The van der Waals surface area contributed by atoms with Gasteiger partial charge in [-0.05, 0) is 30.9 Å². The molecule has 5 rings (SSSR count). The lowest BCUT2D eigenvalue weighted by molar-refractivity contribution is 0.0108. The van der Waals surface area contributed by atoms with Gasteiger partial charge >= 0.3 is 0 Å². The zero-order valence-corrected chi connectivity index (χ0v) is 18.0. The number of hydrogen-bond acceptors (Lipinski definition) is 5. The summed E-state index contributed by atoms with van der Waals surface area (Å²) in [5, 5.41) is 15.8. The van der Waals surface area contributed by atoms with E-state index in [-0.39, 0.29) is 17.2 Å². The highest BCUT2D eigenvalue weighted by Gasteiger charge is 2.51. The molecule has 0 radical (unpaired) electrons. The van der Waals surface area contributed by atoms with E-state index in [1.807, 2.05) is 22.6 Å². The molecule has 8 heteroatoms. The highest BCUT2D eigenvalue weighted by molar-refractivity contribution is 5.93. The molecule has 1 N–H and O–H groups in total. The zero-order chi connectivity index (χ0) is 21.4. The zero-order valence-electron chi connectivity index (χ0n) is 18.0. The molecule has 1 aromatic carbocycles. The fourth-order valence-corrected chi connectivity index (χ4v) is 5.03. The van der Waals surface area contributed by atoms with Gasteiger partial charge in [0.2, 0.25) is 0 Å². The molecule has 2 aliphatic rings. The maximum Gasteiger partial charge on any atom is 0.271 e. The van der Waals surface area contributed by atoms with E-state index in [1.165, 1.54) is 5.56 Å². The number of rotatable bonds is 4. The average Bonchev–Trinajstić information content (AvgIpc) is 3.53. The van der Waals surface area contributed by atoms with Crippen LogP contribution in [0.1, 0.15) is 47.6 Å². The van der Waals surface area contributed by atoms with Gasteiger partial charge in [-0.1, -0.05) is 31.2 Å². The first-order valence-corrected chi connectivity index (χ1v) is 11.0. The van der Waals surface area contributed by atoms with Crippen molar-refractivity contribution in [3.8, 4) is 11.3 Å². The lowest BCUT2D eigenvalue weighted by atomic mass is 9.72. The van der Waals surface area contributed by atoms with Crippen molar-refractivity contribution in [2.24, 2.45) is 12.5 Å². The molecule has 1 amide bonds. The van der Waals surface area contributed by atoms with Crippen molar-refractivity contribution < 1.29 is 9.53 Å². The summed E-state index contributed by atoms with van der Waals surface area (Å²) in [4.78, 5) is 15.3. The molecule has 0 bridgehead atoms. The number of aromatic nitrogens is 5. The van der Waals surface area contributed by atoms with Crippen molar-refractivity contribution in [3.63, 3.8) is 0 Å². The van der Waals surface area contributed by atoms with Gasteiger partial charge in [0.05, 0.1) is 5.69 Å². The first kappa shape index (κ1) is 19.9. The number of likely N-dealkylation sites (tertiary alicyclic amines) is 1. The highest BCUT2D eigenvalue weighted by Crippen LogP contribution is 2.49. The maximum absolute atomic E-state index is 13.4. The second kappa shape index (κ2) is 7.92. The molecule has 162 valence electrons. The molecule has 8 nitrogen and oxygen atoms in total. The molecule has 2 fully saturated rings. The van der Waals surface area contributed by atoms with Gasteiger partial charge < -0.3 is 14.2 Å². The number of nitrogens with one attached hydrogen (secondary N) is 1.